The Hall–Kier alpha value is -0.930. The molecule has 0 fully saturated rings. The molecular weight excluding hydrogens is 66.0 g/mol. The summed E-state index contributed by atoms with van der Waals surface area (Å²) in [5.74, 6) is 0. The van der Waals surface area contributed by atoms with Crippen molar-refractivity contribution in [2.75, 3.05) is 0 Å². The van der Waals surface area contributed by atoms with Gasteiger partial charge in [0, 0.05) is 4.79 Å². The van der Waals surface area contributed by atoms with Crippen molar-refractivity contribution in [2.45, 2.75) is 6.42 Å². The molecule has 0 aromatic heterocycles. The van der Waals surface area contributed by atoms with E-state index in [1.54, 1.807) is 6.07 Å². The molecule has 0 saturated carbocycles. The first-order chi connectivity index (χ1) is 2.41. The van der Waals surface area contributed by atoms with Crippen LogP contribution in [0.3, 0.4) is 0 Å². The highest BCUT2D eigenvalue weighted by atomic mass is 16.1. The molecule has 0 aromatic rings. The molecule has 0 atom stereocenters. The molecule has 0 amide bonds. The Morgan fingerprint density at radius 1 is 2.00 bits per heavy atom. The maximum absolute atomic E-state index is 9.06. The Morgan fingerprint density at radius 3 is 2.60 bits per heavy atom. The van der Waals surface area contributed by atoms with Gasteiger partial charge >= 0.3 is 6.29 Å². The van der Waals surface area contributed by atoms with Gasteiger partial charge in [0.2, 0.25) is 0 Å². The summed E-state index contributed by atoms with van der Waals surface area (Å²) in [5.41, 5.74) is 0. The third-order valence-electron chi connectivity index (χ3n) is 0.151. The molecule has 2 nitrogen and oxygen atoms in total. The minimum Gasteiger partial charge on any atom is -0.193 e. The Bertz CT molecular complexity index is 61.8. The van der Waals surface area contributed by atoms with Crippen LogP contribution in [0, 0.1) is 11.3 Å². The zero-order valence-corrected chi connectivity index (χ0v) is 2.56. The van der Waals surface area contributed by atoms with Crippen LogP contribution in [0.5, 0.6) is 0 Å². The largest absolute Gasteiger partial charge is 0.522 e. The first-order valence-corrected chi connectivity index (χ1v) is 1.13. The van der Waals surface area contributed by atoms with E-state index in [0.717, 1.165) is 0 Å². The molecule has 0 spiro atoms. The normalized spacial score (nSPS) is 4.60. The Morgan fingerprint density at radius 2 is 2.60 bits per heavy atom. The number of hydrogen-bond acceptors (Lipinski definition) is 2. The molecule has 0 aliphatic rings. The van der Waals surface area contributed by atoms with Gasteiger partial charge in [-0.1, -0.05) is 0 Å². The van der Waals surface area contributed by atoms with Crippen molar-refractivity contribution >= 4 is 6.29 Å². The highest BCUT2D eigenvalue weighted by Crippen LogP contribution is 1.55. The molecule has 0 aliphatic carbocycles. The predicted octanol–water partition coefficient (Wildman–Crippen LogP) is 0.00978. The van der Waals surface area contributed by atoms with Crippen LogP contribution in [0.15, 0.2) is 0 Å². The van der Waals surface area contributed by atoms with Gasteiger partial charge in [0.1, 0.15) is 6.07 Å². The van der Waals surface area contributed by atoms with Crippen molar-refractivity contribution < 1.29 is 4.79 Å². The van der Waals surface area contributed by atoms with E-state index in [1.807, 2.05) is 0 Å². The lowest BCUT2D eigenvalue weighted by atomic mass is 10.5. The zero-order valence-electron chi connectivity index (χ0n) is 2.56. The molecular formula is C3H2NO+. The van der Waals surface area contributed by atoms with Crippen molar-refractivity contribution in [1.29, 1.82) is 5.26 Å². The fraction of sp³-hybridized carbons (Fsp3) is 0.333. The summed E-state index contributed by atoms with van der Waals surface area (Å²) in [6.45, 7) is 0. The van der Waals surface area contributed by atoms with Gasteiger partial charge in [0.15, 0.2) is 0 Å². The fourth-order valence-corrected chi connectivity index (χ4v) is 0.0323. The summed E-state index contributed by atoms with van der Waals surface area (Å²) in [6, 6.07) is 1.59. The first-order valence-electron chi connectivity index (χ1n) is 1.13. The van der Waals surface area contributed by atoms with E-state index < -0.39 is 0 Å². The van der Waals surface area contributed by atoms with Crippen LogP contribution in [-0.2, 0) is 4.79 Å². The van der Waals surface area contributed by atoms with Crippen LogP contribution in [0.4, 0.5) is 0 Å². The van der Waals surface area contributed by atoms with Gasteiger partial charge in [0.25, 0.3) is 6.42 Å². The van der Waals surface area contributed by atoms with Crippen molar-refractivity contribution in [1.82, 2.24) is 0 Å². The van der Waals surface area contributed by atoms with Crippen molar-refractivity contribution in [2.24, 2.45) is 0 Å². The third kappa shape index (κ3) is 3.07. The van der Waals surface area contributed by atoms with Gasteiger partial charge in [-0.2, -0.15) is 5.26 Å². The number of nitriles is 1. The molecule has 0 heterocycles. The molecule has 24 valence electrons. The first kappa shape index (κ1) is 4.07. The number of hydrogen-bond donors (Lipinski definition) is 0. The average Bonchev–Trinajstić information content (AvgIpc) is 1.41. The van der Waals surface area contributed by atoms with Gasteiger partial charge in [-0.05, 0) is 0 Å². The minimum atomic E-state index is -0.111. The summed E-state index contributed by atoms with van der Waals surface area (Å²) in [7, 11) is 0. The van der Waals surface area contributed by atoms with E-state index in [9.17, 15) is 0 Å². The molecule has 5 heavy (non-hydrogen) atoms. The number of nitrogens with zero attached hydrogens (tertiary/aromatic N) is 1. The van der Waals surface area contributed by atoms with E-state index >= 15 is 0 Å². The molecule has 0 N–H and O–H groups in total. The quantitative estimate of drug-likeness (QED) is 0.406. The predicted molar refractivity (Wildman–Crippen MR) is 15.9 cm³/mol. The van der Waals surface area contributed by atoms with Gasteiger partial charge in [0.05, 0.1) is 0 Å². The van der Waals surface area contributed by atoms with Crippen LogP contribution < -0.4 is 0 Å². The summed E-state index contributed by atoms with van der Waals surface area (Å²) < 4.78 is 0. The topological polar surface area (TPSA) is 40.9 Å². The van der Waals surface area contributed by atoms with E-state index in [2.05, 4.69) is 0 Å². The van der Waals surface area contributed by atoms with Gasteiger partial charge in [-0.25, -0.2) is 0 Å². The molecule has 0 rings (SSSR count). The molecule has 0 radical (unpaired) electrons. The fourth-order valence-electron chi connectivity index (χ4n) is 0.0323. The summed E-state index contributed by atoms with van der Waals surface area (Å²) in [6.07, 6.45) is 1.30. The van der Waals surface area contributed by atoms with Crippen LogP contribution in [-0.4, -0.2) is 6.29 Å². The zero-order chi connectivity index (χ0) is 4.12. The Kier molecular flexibility index (Phi) is 2.50. The smallest absolute Gasteiger partial charge is 0.193 e. The third-order valence-corrected chi connectivity index (χ3v) is 0.151. The number of carbonyl (C=O) groups excluding carboxylic acids is 1. The molecule has 0 unspecified atom stereocenters. The lowest BCUT2D eigenvalue weighted by Gasteiger charge is -1.29. The van der Waals surface area contributed by atoms with E-state index in [-0.39, 0.29) is 6.42 Å². The van der Waals surface area contributed by atoms with Gasteiger partial charge in [-0.15, -0.1) is 0 Å². The Balaban J connectivity index is 2.75. The van der Waals surface area contributed by atoms with Crippen LogP contribution in [0.2, 0.25) is 0 Å². The lowest BCUT2D eigenvalue weighted by molar-refractivity contribution is 0.556. The van der Waals surface area contributed by atoms with Gasteiger partial charge < -0.3 is 0 Å². The SMILES string of the molecule is N#CC[C+]=O. The van der Waals surface area contributed by atoms with Gasteiger partial charge in [-0.3, -0.25) is 0 Å². The van der Waals surface area contributed by atoms with E-state index in [0.29, 0.717) is 0 Å². The van der Waals surface area contributed by atoms with Crippen molar-refractivity contribution in [3.63, 3.8) is 0 Å². The molecule has 0 saturated heterocycles. The second kappa shape index (κ2) is 3.07. The van der Waals surface area contributed by atoms with E-state index in [1.165, 1.54) is 6.29 Å². The molecule has 2 heteroatoms. The molecule has 0 bridgehead atoms. The average molecular weight is 68.1 g/mol. The van der Waals surface area contributed by atoms with Crippen LogP contribution in [0.1, 0.15) is 6.42 Å². The number of rotatable bonds is 1. The maximum atomic E-state index is 9.06. The maximum Gasteiger partial charge on any atom is 0.522 e. The van der Waals surface area contributed by atoms with Crippen LogP contribution >= 0.6 is 0 Å². The van der Waals surface area contributed by atoms with Crippen LogP contribution in [0.25, 0.3) is 0 Å². The second-order valence-corrected chi connectivity index (χ2v) is 0.479. The lowest BCUT2D eigenvalue weighted by Crippen LogP contribution is -1.60. The standard InChI is InChI=1S/C3H2NO/c4-2-1-3-5/h1H2/q+1. The molecule has 0 aliphatic heterocycles. The van der Waals surface area contributed by atoms with Crippen molar-refractivity contribution in [3.8, 4) is 6.07 Å². The summed E-state index contributed by atoms with van der Waals surface area (Å²) >= 11 is 0. The van der Waals surface area contributed by atoms with Crippen molar-refractivity contribution in [3.05, 3.63) is 0 Å². The highest BCUT2D eigenvalue weighted by molar-refractivity contribution is 5.53. The molecule has 0 aromatic carbocycles. The monoisotopic (exact) mass is 68.0 g/mol. The summed E-state index contributed by atoms with van der Waals surface area (Å²) in [4.78, 5) is 9.06. The van der Waals surface area contributed by atoms with E-state index in [4.69, 9.17) is 10.1 Å². The summed E-state index contributed by atoms with van der Waals surface area (Å²) in [5, 5.41) is 7.55. The minimum absolute atomic E-state index is 0.111. The second-order valence-electron chi connectivity index (χ2n) is 0.479. The Labute approximate surface area is 30.0 Å². The highest BCUT2D eigenvalue weighted by Gasteiger charge is 1.87.